The molecule has 1 atom stereocenters. The Balaban J connectivity index is 1.64. The van der Waals surface area contributed by atoms with E-state index in [2.05, 4.69) is 15.6 Å². The van der Waals surface area contributed by atoms with E-state index >= 15 is 0 Å². The fourth-order valence-electron chi connectivity index (χ4n) is 2.74. The molecular weight excluding hydrogens is 222 g/mol. The van der Waals surface area contributed by atoms with E-state index in [1.807, 2.05) is 11.8 Å². The molecule has 1 aliphatic carbocycles. The summed E-state index contributed by atoms with van der Waals surface area (Å²) in [4.78, 5) is 15.7. The highest BCUT2D eigenvalue weighted by Crippen LogP contribution is 2.37. The number of carbonyl (C=O) groups excluding carboxylic acids is 1. The summed E-state index contributed by atoms with van der Waals surface area (Å²) in [5.74, 6) is 1.29. The van der Waals surface area contributed by atoms with Crippen LogP contribution in [0.1, 0.15) is 32.1 Å². The molecule has 2 aliphatic heterocycles. The van der Waals surface area contributed by atoms with Gasteiger partial charge in [-0.25, -0.2) is 0 Å². The molecule has 0 bridgehead atoms. The molecule has 1 unspecified atom stereocenters. The van der Waals surface area contributed by atoms with Crippen LogP contribution in [0.4, 0.5) is 0 Å². The number of rotatable bonds is 1. The topological polar surface area (TPSA) is 53.5 Å². The molecule has 4 nitrogen and oxygen atoms in total. The summed E-state index contributed by atoms with van der Waals surface area (Å²) >= 11 is 1.83. The molecule has 0 aromatic rings. The van der Waals surface area contributed by atoms with Crippen molar-refractivity contribution < 1.29 is 4.79 Å². The van der Waals surface area contributed by atoms with Crippen LogP contribution in [0.25, 0.3) is 0 Å². The molecule has 88 valence electrons. The fraction of sp³-hybridized carbons (Fsp3) is 0.818. The van der Waals surface area contributed by atoms with Crippen LogP contribution in [0.3, 0.4) is 0 Å². The number of hydrogen-bond acceptors (Lipinski definition) is 3. The van der Waals surface area contributed by atoms with Crippen LogP contribution in [0.2, 0.25) is 0 Å². The molecular formula is C11H17N3OS. The van der Waals surface area contributed by atoms with E-state index in [9.17, 15) is 4.79 Å². The minimum absolute atomic E-state index is 0.132. The predicted octanol–water partition coefficient (Wildman–Crippen LogP) is 0.880. The third-order valence-electron chi connectivity index (χ3n) is 3.67. The normalized spacial score (nSPS) is 34.6. The molecule has 0 aromatic carbocycles. The Morgan fingerprint density at radius 2 is 2.19 bits per heavy atom. The smallest absolute Gasteiger partial charge is 0.222 e. The van der Waals surface area contributed by atoms with Gasteiger partial charge in [0.15, 0.2) is 5.17 Å². The van der Waals surface area contributed by atoms with Gasteiger partial charge in [0.2, 0.25) is 5.91 Å². The van der Waals surface area contributed by atoms with Gasteiger partial charge in [0.05, 0.1) is 12.5 Å². The van der Waals surface area contributed by atoms with Crippen LogP contribution in [-0.4, -0.2) is 35.0 Å². The molecule has 0 aromatic heterocycles. The highest BCUT2D eigenvalue weighted by atomic mass is 32.2. The van der Waals surface area contributed by atoms with Gasteiger partial charge in [0.25, 0.3) is 0 Å². The lowest BCUT2D eigenvalue weighted by molar-refractivity contribution is -0.119. The molecule has 3 fully saturated rings. The van der Waals surface area contributed by atoms with E-state index in [1.165, 1.54) is 25.7 Å². The molecule has 1 amide bonds. The second-order valence-corrected chi connectivity index (χ2v) is 5.96. The zero-order valence-corrected chi connectivity index (χ0v) is 10.1. The Morgan fingerprint density at radius 1 is 1.38 bits per heavy atom. The summed E-state index contributed by atoms with van der Waals surface area (Å²) in [6, 6.07) is 0.152. The van der Waals surface area contributed by atoms with Crippen molar-refractivity contribution in [3.8, 4) is 0 Å². The predicted molar refractivity (Wildman–Crippen MR) is 65.6 cm³/mol. The van der Waals surface area contributed by atoms with Crippen molar-refractivity contribution in [1.82, 2.24) is 10.6 Å². The number of aliphatic imine (C=N–C) groups is 1. The van der Waals surface area contributed by atoms with E-state index in [0.29, 0.717) is 18.5 Å². The van der Waals surface area contributed by atoms with Crippen molar-refractivity contribution in [3.63, 3.8) is 0 Å². The Kier molecular flexibility index (Phi) is 2.58. The zero-order valence-electron chi connectivity index (χ0n) is 9.29. The van der Waals surface area contributed by atoms with E-state index in [1.54, 1.807) is 0 Å². The van der Waals surface area contributed by atoms with Gasteiger partial charge in [-0.1, -0.05) is 24.6 Å². The number of carbonyl (C=O) groups is 1. The number of thioether (sulfide) groups is 1. The standard InChI is InChI=1S/C11H17N3OS/c15-9-5-8(6-12-9)13-10-14-11(7-16-10)3-1-2-4-11/h8H,1-7H2,(H,12,15)(H,13,14). The maximum absolute atomic E-state index is 11.1. The van der Waals surface area contributed by atoms with Crippen molar-refractivity contribution in [2.45, 2.75) is 43.7 Å². The molecule has 0 radical (unpaired) electrons. The first-order valence-electron chi connectivity index (χ1n) is 6.01. The number of hydrogen-bond donors (Lipinski definition) is 2. The largest absolute Gasteiger partial charge is 0.359 e. The molecule has 1 saturated carbocycles. The summed E-state index contributed by atoms with van der Waals surface area (Å²) in [6.45, 7) is 0.706. The average molecular weight is 239 g/mol. The molecule has 3 rings (SSSR count). The van der Waals surface area contributed by atoms with Gasteiger partial charge in [-0.15, -0.1) is 0 Å². The van der Waals surface area contributed by atoms with Crippen LogP contribution in [0.15, 0.2) is 4.99 Å². The minimum Gasteiger partial charge on any atom is -0.359 e. The molecule has 1 spiro atoms. The first-order chi connectivity index (χ1) is 7.76. The van der Waals surface area contributed by atoms with E-state index in [-0.39, 0.29) is 11.9 Å². The fourth-order valence-corrected chi connectivity index (χ4v) is 4.03. The van der Waals surface area contributed by atoms with Crippen molar-refractivity contribution in [1.29, 1.82) is 0 Å². The second kappa shape index (κ2) is 3.95. The van der Waals surface area contributed by atoms with E-state index < -0.39 is 0 Å². The number of nitrogens with one attached hydrogen (secondary N) is 2. The first-order valence-corrected chi connectivity index (χ1v) is 7.00. The van der Waals surface area contributed by atoms with Gasteiger partial charge in [-0.05, 0) is 12.8 Å². The summed E-state index contributed by atoms with van der Waals surface area (Å²) in [5, 5.41) is 7.46. The maximum atomic E-state index is 11.1. The molecule has 16 heavy (non-hydrogen) atoms. The van der Waals surface area contributed by atoms with E-state index in [4.69, 9.17) is 0 Å². The lowest BCUT2D eigenvalue weighted by Gasteiger charge is -2.21. The van der Waals surface area contributed by atoms with Gasteiger partial charge in [-0.3, -0.25) is 9.79 Å². The first kappa shape index (κ1) is 10.4. The molecule has 2 saturated heterocycles. The molecule has 3 aliphatic rings. The summed E-state index contributed by atoms with van der Waals surface area (Å²) < 4.78 is 0. The van der Waals surface area contributed by atoms with Crippen LogP contribution >= 0.6 is 11.8 Å². The third-order valence-corrected chi connectivity index (χ3v) is 4.85. The summed E-state index contributed by atoms with van der Waals surface area (Å²) in [7, 11) is 0. The molecule has 2 N–H and O–H groups in total. The lowest BCUT2D eigenvalue weighted by atomic mass is 10.0. The van der Waals surface area contributed by atoms with Crippen molar-refractivity contribution in [2.24, 2.45) is 4.99 Å². The second-order valence-electron chi connectivity index (χ2n) is 5.00. The van der Waals surface area contributed by atoms with Gasteiger partial charge >= 0.3 is 0 Å². The van der Waals surface area contributed by atoms with Gasteiger partial charge < -0.3 is 10.6 Å². The van der Waals surface area contributed by atoms with Gasteiger partial charge in [0.1, 0.15) is 0 Å². The average Bonchev–Trinajstić information content (AvgIpc) is 2.94. The zero-order chi connectivity index (χ0) is 11.0. The maximum Gasteiger partial charge on any atom is 0.222 e. The summed E-state index contributed by atoms with van der Waals surface area (Å²) in [6.07, 6.45) is 5.79. The number of nitrogens with zero attached hydrogens (tertiary/aromatic N) is 1. The van der Waals surface area contributed by atoms with Crippen molar-refractivity contribution in [2.75, 3.05) is 12.3 Å². The Labute approximate surface area is 99.7 Å². The Hall–Kier alpha value is -0.710. The SMILES string of the molecule is O=C1CC(N=C2NC3(CCCC3)CS2)CN1. The van der Waals surface area contributed by atoms with Gasteiger partial charge in [-0.2, -0.15) is 0 Å². The third kappa shape index (κ3) is 1.93. The lowest BCUT2D eigenvalue weighted by Crippen LogP contribution is -2.41. The van der Waals surface area contributed by atoms with E-state index in [0.717, 1.165) is 10.9 Å². The molecule has 2 heterocycles. The number of amidine groups is 1. The quantitative estimate of drug-likeness (QED) is 0.714. The van der Waals surface area contributed by atoms with Crippen LogP contribution in [0, 0.1) is 0 Å². The monoisotopic (exact) mass is 239 g/mol. The summed E-state index contributed by atoms with van der Waals surface area (Å²) in [5.41, 5.74) is 0.333. The van der Waals surface area contributed by atoms with Crippen molar-refractivity contribution in [3.05, 3.63) is 0 Å². The highest BCUT2D eigenvalue weighted by molar-refractivity contribution is 8.14. The minimum atomic E-state index is 0.132. The van der Waals surface area contributed by atoms with Crippen molar-refractivity contribution >= 4 is 22.8 Å². The Morgan fingerprint density at radius 3 is 2.88 bits per heavy atom. The Bertz CT molecular complexity index is 336. The van der Waals surface area contributed by atoms with Crippen LogP contribution in [0.5, 0.6) is 0 Å². The number of amides is 1. The highest BCUT2D eigenvalue weighted by Gasteiger charge is 2.39. The van der Waals surface area contributed by atoms with Gasteiger partial charge in [0, 0.05) is 17.8 Å². The molecule has 5 heteroatoms. The van der Waals surface area contributed by atoms with Crippen LogP contribution in [-0.2, 0) is 4.79 Å². The van der Waals surface area contributed by atoms with Crippen LogP contribution < -0.4 is 10.6 Å².